The molecular weight excluding hydrogens is 388 g/mol. The highest BCUT2D eigenvalue weighted by molar-refractivity contribution is 7.89. The van der Waals surface area contributed by atoms with E-state index in [-0.39, 0.29) is 10.9 Å². The zero-order valence-electron chi connectivity index (χ0n) is 16.8. The lowest BCUT2D eigenvalue weighted by molar-refractivity contribution is 0.102. The van der Waals surface area contributed by atoms with Gasteiger partial charge in [-0.1, -0.05) is 13.8 Å². The Hall–Kier alpha value is -2.89. The molecule has 7 nitrogen and oxygen atoms in total. The van der Waals surface area contributed by atoms with Gasteiger partial charge in [-0.2, -0.15) is 5.26 Å². The summed E-state index contributed by atoms with van der Waals surface area (Å²) < 4.78 is 27.3. The quantitative estimate of drug-likeness (QED) is 0.579. The van der Waals surface area contributed by atoms with Gasteiger partial charge in [0.15, 0.2) is 0 Å². The van der Waals surface area contributed by atoms with E-state index in [2.05, 4.69) is 21.4 Å². The van der Waals surface area contributed by atoms with E-state index in [9.17, 15) is 13.2 Å². The molecule has 2 aromatic carbocycles. The molecule has 2 rings (SSSR count). The van der Waals surface area contributed by atoms with E-state index in [1.54, 1.807) is 25.1 Å². The molecule has 0 aliphatic carbocycles. The number of carbonyl (C=O) groups excluding carboxylic acids is 1. The third-order valence-electron chi connectivity index (χ3n) is 4.36. The number of nitrogens with one attached hydrogen (secondary N) is 3. The summed E-state index contributed by atoms with van der Waals surface area (Å²) in [6, 6.07) is 12.6. The molecule has 3 N–H and O–H groups in total. The maximum absolute atomic E-state index is 12.6. The molecule has 154 valence electrons. The second kappa shape index (κ2) is 10.0. The summed E-state index contributed by atoms with van der Waals surface area (Å²) in [5.41, 5.74) is 1.96. The van der Waals surface area contributed by atoms with Crippen LogP contribution in [-0.4, -0.2) is 26.9 Å². The molecule has 2 aromatic rings. The van der Waals surface area contributed by atoms with Crippen LogP contribution in [0.2, 0.25) is 0 Å². The maximum Gasteiger partial charge on any atom is 0.255 e. The van der Waals surface area contributed by atoms with Gasteiger partial charge in [0.1, 0.15) is 0 Å². The van der Waals surface area contributed by atoms with Gasteiger partial charge in [0.2, 0.25) is 10.0 Å². The summed E-state index contributed by atoms with van der Waals surface area (Å²) in [6.45, 7) is 6.44. The van der Waals surface area contributed by atoms with Crippen molar-refractivity contribution in [2.45, 2.75) is 44.6 Å². The summed E-state index contributed by atoms with van der Waals surface area (Å²) in [7, 11) is -3.63. The van der Waals surface area contributed by atoms with Gasteiger partial charge in [0.05, 0.1) is 27.9 Å². The summed E-state index contributed by atoms with van der Waals surface area (Å²) in [5.74, 6) is -0.390. The highest BCUT2D eigenvalue weighted by atomic mass is 32.2. The van der Waals surface area contributed by atoms with Gasteiger partial charge in [0, 0.05) is 18.2 Å². The number of hydrogen-bond acceptors (Lipinski definition) is 5. The van der Waals surface area contributed by atoms with E-state index in [1.165, 1.54) is 24.3 Å². The van der Waals surface area contributed by atoms with Crippen LogP contribution in [0.3, 0.4) is 0 Å². The van der Waals surface area contributed by atoms with Crippen LogP contribution in [0.25, 0.3) is 0 Å². The summed E-state index contributed by atoms with van der Waals surface area (Å²) in [5, 5.41) is 15.1. The average molecular weight is 415 g/mol. The fourth-order valence-corrected chi connectivity index (χ4v) is 3.85. The third kappa shape index (κ3) is 6.04. The molecule has 0 aliphatic heterocycles. The molecule has 0 saturated heterocycles. The molecule has 0 aliphatic rings. The number of anilines is 2. The van der Waals surface area contributed by atoms with E-state index in [4.69, 9.17) is 5.26 Å². The Kier molecular flexibility index (Phi) is 7.76. The number of rotatable bonds is 9. The first kappa shape index (κ1) is 22.4. The van der Waals surface area contributed by atoms with Crippen LogP contribution < -0.4 is 15.4 Å². The van der Waals surface area contributed by atoms with Crippen molar-refractivity contribution in [3.8, 4) is 6.07 Å². The highest BCUT2D eigenvalue weighted by Crippen LogP contribution is 2.24. The molecule has 29 heavy (non-hydrogen) atoms. The summed E-state index contributed by atoms with van der Waals surface area (Å²) in [6.07, 6.45) is 1.59. The van der Waals surface area contributed by atoms with Gasteiger partial charge < -0.3 is 10.6 Å². The fourth-order valence-electron chi connectivity index (χ4n) is 2.53. The normalized spacial score (nSPS) is 12.1. The number of amides is 1. The minimum Gasteiger partial charge on any atom is -0.383 e. The maximum atomic E-state index is 12.6. The molecule has 0 spiro atoms. The van der Waals surface area contributed by atoms with Crippen molar-refractivity contribution in [1.82, 2.24) is 4.72 Å². The lowest BCUT2D eigenvalue weighted by atomic mass is 10.1. The van der Waals surface area contributed by atoms with Crippen LogP contribution in [0.15, 0.2) is 47.4 Å². The molecule has 1 unspecified atom stereocenters. The Morgan fingerprint density at radius 2 is 1.79 bits per heavy atom. The fraction of sp³-hybridized carbons (Fsp3) is 0.333. The van der Waals surface area contributed by atoms with Crippen molar-refractivity contribution in [2.75, 3.05) is 17.2 Å². The van der Waals surface area contributed by atoms with Gasteiger partial charge in [-0.05, 0) is 62.2 Å². The van der Waals surface area contributed by atoms with Crippen molar-refractivity contribution in [1.29, 1.82) is 5.26 Å². The molecule has 1 amide bonds. The smallest absolute Gasteiger partial charge is 0.255 e. The number of carbonyl (C=O) groups is 1. The minimum atomic E-state index is -3.63. The minimum absolute atomic E-state index is 0.103. The number of sulfonamides is 1. The number of nitrogens with zero attached hydrogens (tertiary/aromatic N) is 1. The van der Waals surface area contributed by atoms with Crippen LogP contribution in [0.1, 0.15) is 49.5 Å². The highest BCUT2D eigenvalue weighted by Gasteiger charge is 2.17. The van der Waals surface area contributed by atoms with E-state index in [0.717, 1.165) is 18.7 Å². The Bertz CT molecular complexity index is 996. The van der Waals surface area contributed by atoms with Crippen LogP contribution in [0.5, 0.6) is 0 Å². The van der Waals surface area contributed by atoms with Gasteiger partial charge in [0.25, 0.3) is 5.91 Å². The first-order valence-electron chi connectivity index (χ1n) is 9.52. The second-order valence-electron chi connectivity index (χ2n) is 6.71. The van der Waals surface area contributed by atoms with Gasteiger partial charge in [-0.15, -0.1) is 0 Å². The molecular formula is C21H26N4O3S. The van der Waals surface area contributed by atoms with E-state index in [0.29, 0.717) is 23.2 Å². The second-order valence-corrected chi connectivity index (χ2v) is 8.42. The number of hydrogen-bond donors (Lipinski definition) is 3. The van der Waals surface area contributed by atoms with Gasteiger partial charge in [-0.25, -0.2) is 13.1 Å². The zero-order valence-corrected chi connectivity index (χ0v) is 17.6. The predicted octanol–water partition coefficient (Wildman–Crippen LogP) is 3.71. The van der Waals surface area contributed by atoms with Crippen LogP contribution in [0, 0.1) is 11.3 Å². The van der Waals surface area contributed by atoms with E-state index >= 15 is 0 Å². The first-order valence-corrected chi connectivity index (χ1v) is 11.0. The van der Waals surface area contributed by atoms with Crippen molar-refractivity contribution in [2.24, 2.45) is 0 Å². The predicted molar refractivity (Wildman–Crippen MR) is 114 cm³/mol. The molecule has 1 atom stereocenters. The average Bonchev–Trinajstić information content (AvgIpc) is 2.72. The van der Waals surface area contributed by atoms with Crippen molar-refractivity contribution < 1.29 is 13.2 Å². The molecule has 8 heteroatoms. The van der Waals surface area contributed by atoms with Gasteiger partial charge in [-0.3, -0.25) is 4.79 Å². The summed E-state index contributed by atoms with van der Waals surface area (Å²) in [4.78, 5) is 12.7. The largest absolute Gasteiger partial charge is 0.383 e. The molecule has 0 radical (unpaired) electrons. The van der Waals surface area contributed by atoms with Crippen LogP contribution >= 0.6 is 0 Å². The SMILES string of the molecule is CCCNc1ccc(C#N)cc1NC(=O)c1ccc(S(=O)(=O)NC(C)CC)cc1. The topological polar surface area (TPSA) is 111 Å². The monoisotopic (exact) mass is 414 g/mol. The van der Waals surface area contributed by atoms with Crippen molar-refractivity contribution in [3.63, 3.8) is 0 Å². The lowest BCUT2D eigenvalue weighted by Gasteiger charge is -2.14. The van der Waals surface area contributed by atoms with Crippen LogP contribution in [0.4, 0.5) is 11.4 Å². The Morgan fingerprint density at radius 1 is 1.10 bits per heavy atom. The van der Waals surface area contributed by atoms with Gasteiger partial charge >= 0.3 is 0 Å². The molecule has 0 bridgehead atoms. The van der Waals surface area contributed by atoms with E-state index < -0.39 is 15.9 Å². The van der Waals surface area contributed by atoms with Crippen molar-refractivity contribution >= 4 is 27.3 Å². The zero-order chi connectivity index (χ0) is 21.4. The number of nitriles is 1. The van der Waals surface area contributed by atoms with Crippen LogP contribution in [-0.2, 0) is 10.0 Å². The summed E-state index contributed by atoms with van der Waals surface area (Å²) >= 11 is 0. The first-order chi connectivity index (χ1) is 13.8. The number of benzene rings is 2. The molecule has 0 saturated carbocycles. The Morgan fingerprint density at radius 3 is 2.38 bits per heavy atom. The molecule has 0 heterocycles. The Labute approximate surface area is 172 Å². The standard InChI is InChI=1S/C21H26N4O3S/c1-4-12-23-19-11-6-16(14-22)13-20(19)24-21(26)17-7-9-18(10-8-17)29(27,28)25-15(3)5-2/h6-11,13,15,23,25H,4-5,12H2,1-3H3,(H,24,26). The van der Waals surface area contributed by atoms with Crippen molar-refractivity contribution in [3.05, 3.63) is 53.6 Å². The molecule has 0 fully saturated rings. The molecule has 0 aromatic heterocycles. The Balaban J connectivity index is 2.21. The third-order valence-corrected chi connectivity index (χ3v) is 5.96. The lowest BCUT2D eigenvalue weighted by Crippen LogP contribution is -2.32. The van der Waals surface area contributed by atoms with E-state index in [1.807, 2.05) is 13.8 Å².